The van der Waals surface area contributed by atoms with Gasteiger partial charge in [-0.15, -0.1) is 0 Å². The molecule has 5 heteroatoms. The lowest BCUT2D eigenvalue weighted by Gasteiger charge is -2.31. The van der Waals surface area contributed by atoms with Crippen LogP contribution in [-0.4, -0.2) is 32.6 Å². The van der Waals surface area contributed by atoms with E-state index >= 15 is 0 Å². The molecule has 96 valence electrons. The summed E-state index contributed by atoms with van der Waals surface area (Å²) in [6.07, 6.45) is 0.106. The fraction of sp³-hybridized carbons (Fsp3) is 0.143. The van der Waals surface area contributed by atoms with Gasteiger partial charge in [-0.2, -0.15) is 0 Å². The number of aromatic nitrogens is 1. The first kappa shape index (κ1) is 11.7. The van der Waals surface area contributed by atoms with E-state index in [4.69, 9.17) is 0 Å². The summed E-state index contributed by atoms with van der Waals surface area (Å²) in [5.41, 5.74) is 1.08. The summed E-state index contributed by atoms with van der Waals surface area (Å²) < 4.78 is 1.26. The molecule has 0 saturated heterocycles. The van der Waals surface area contributed by atoms with Gasteiger partial charge in [-0.3, -0.25) is 14.3 Å². The molecule has 3 rings (SSSR count). The minimum atomic E-state index is -1.42. The van der Waals surface area contributed by atoms with Gasteiger partial charge in [-0.25, -0.2) is 4.79 Å². The summed E-state index contributed by atoms with van der Waals surface area (Å²) in [4.78, 5) is 25.3. The molecule has 2 aromatic rings. The van der Waals surface area contributed by atoms with Gasteiger partial charge in [0.2, 0.25) is 5.78 Å². The number of rotatable bonds is 2. The van der Waals surface area contributed by atoms with E-state index in [1.807, 2.05) is 30.3 Å². The fourth-order valence-electron chi connectivity index (χ4n) is 2.20. The van der Waals surface area contributed by atoms with Gasteiger partial charge >= 0.3 is 6.03 Å². The Balaban J connectivity index is 1.95. The van der Waals surface area contributed by atoms with Crippen LogP contribution in [0.15, 0.2) is 48.7 Å². The normalized spacial score (nSPS) is 18.6. The highest BCUT2D eigenvalue weighted by molar-refractivity contribution is 6.05. The number of hydrogen-bond donors (Lipinski definition) is 1. The Bertz CT molecular complexity index is 633. The smallest absolute Gasteiger partial charge is 0.331 e. The van der Waals surface area contributed by atoms with Crippen molar-refractivity contribution in [3.05, 3.63) is 59.9 Å². The molecule has 1 N–H and O–H groups in total. The minimum Gasteiger partial charge on any atom is -0.366 e. The maximum atomic E-state index is 12.2. The number of carbonyl (C=O) groups excluding carboxylic acids is 2. The van der Waals surface area contributed by atoms with Crippen molar-refractivity contribution < 1.29 is 14.7 Å². The zero-order valence-corrected chi connectivity index (χ0v) is 10.1. The van der Waals surface area contributed by atoms with Crippen LogP contribution in [-0.2, 0) is 6.54 Å². The minimum absolute atomic E-state index is 0.199. The van der Waals surface area contributed by atoms with Crippen molar-refractivity contribution in [2.45, 2.75) is 12.8 Å². The summed E-state index contributed by atoms with van der Waals surface area (Å²) >= 11 is 0. The Morgan fingerprint density at radius 3 is 2.53 bits per heavy atom. The topological polar surface area (TPSA) is 62.5 Å². The Labute approximate surface area is 109 Å². The third kappa shape index (κ3) is 1.84. The highest BCUT2D eigenvalue weighted by atomic mass is 16.3. The number of aliphatic hydroxyl groups excluding tert-OH is 1. The van der Waals surface area contributed by atoms with Crippen LogP contribution in [0.3, 0.4) is 0 Å². The van der Waals surface area contributed by atoms with Crippen molar-refractivity contribution >= 4 is 11.8 Å². The van der Waals surface area contributed by atoms with Crippen LogP contribution in [0.25, 0.3) is 0 Å². The molecule has 1 aromatic heterocycles. The van der Waals surface area contributed by atoms with Crippen molar-refractivity contribution in [3.8, 4) is 0 Å². The molecule has 1 amide bonds. The van der Waals surface area contributed by atoms with Crippen molar-refractivity contribution in [3.63, 3.8) is 0 Å². The third-order valence-electron chi connectivity index (χ3n) is 3.18. The predicted octanol–water partition coefficient (Wildman–Crippen LogP) is 1.47. The quantitative estimate of drug-likeness (QED) is 0.885. The molecule has 0 spiro atoms. The van der Waals surface area contributed by atoms with Crippen LogP contribution in [0.5, 0.6) is 0 Å². The molecule has 19 heavy (non-hydrogen) atoms. The van der Waals surface area contributed by atoms with Crippen LogP contribution in [0, 0.1) is 0 Å². The van der Waals surface area contributed by atoms with Crippen molar-refractivity contribution in [1.82, 2.24) is 9.47 Å². The number of amides is 1. The van der Waals surface area contributed by atoms with E-state index in [1.165, 1.54) is 16.8 Å². The molecule has 1 atom stereocenters. The maximum absolute atomic E-state index is 12.2. The summed E-state index contributed by atoms with van der Waals surface area (Å²) in [5.74, 6) is -0.458. The van der Waals surface area contributed by atoms with Crippen molar-refractivity contribution in [2.24, 2.45) is 0 Å². The van der Waals surface area contributed by atoms with Gasteiger partial charge in [0.15, 0.2) is 6.23 Å². The largest absolute Gasteiger partial charge is 0.366 e. The standard InChI is InChI=1S/C14H12N2O3/c17-12-11-7-4-8-15(11)14(19)16(13(12)18)9-10-5-2-1-3-6-10/h1-8,13,18H,9H2. The van der Waals surface area contributed by atoms with E-state index in [0.29, 0.717) is 0 Å². The number of Topliss-reactive ketones (excluding diaryl/α,β-unsaturated/α-hetero) is 1. The molecule has 1 aliphatic heterocycles. The van der Waals surface area contributed by atoms with E-state index in [2.05, 4.69) is 0 Å². The Kier molecular flexibility index (Phi) is 2.68. The Morgan fingerprint density at radius 2 is 1.79 bits per heavy atom. The van der Waals surface area contributed by atoms with Crippen molar-refractivity contribution in [1.29, 1.82) is 0 Å². The van der Waals surface area contributed by atoms with Gasteiger partial charge < -0.3 is 5.11 Å². The average Bonchev–Trinajstić information content (AvgIpc) is 2.92. The molecule has 5 nitrogen and oxygen atoms in total. The van der Waals surface area contributed by atoms with Crippen LogP contribution in [0.1, 0.15) is 16.1 Å². The first-order valence-corrected chi connectivity index (χ1v) is 5.93. The van der Waals surface area contributed by atoms with Gasteiger partial charge in [-0.05, 0) is 17.7 Å². The fourth-order valence-corrected chi connectivity index (χ4v) is 2.20. The number of carbonyl (C=O) groups is 2. The predicted molar refractivity (Wildman–Crippen MR) is 67.5 cm³/mol. The summed E-state index contributed by atoms with van der Waals surface area (Å²) in [6.45, 7) is 0.199. The zero-order chi connectivity index (χ0) is 13.4. The molecule has 1 aromatic carbocycles. The number of ketones is 1. The third-order valence-corrected chi connectivity index (χ3v) is 3.18. The summed E-state index contributed by atoms with van der Waals surface area (Å²) in [7, 11) is 0. The summed E-state index contributed by atoms with van der Waals surface area (Å²) in [6, 6.07) is 12.0. The van der Waals surface area contributed by atoms with E-state index < -0.39 is 18.0 Å². The van der Waals surface area contributed by atoms with E-state index in [0.717, 1.165) is 10.5 Å². The van der Waals surface area contributed by atoms with Gasteiger partial charge in [0.25, 0.3) is 0 Å². The van der Waals surface area contributed by atoms with E-state index in [-0.39, 0.29) is 12.2 Å². The second-order valence-corrected chi connectivity index (χ2v) is 4.40. The number of nitrogens with zero attached hydrogens (tertiary/aromatic N) is 2. The average molecular weight is 256 g/mol. The monoisotopic (exact) mass is 256 g/mol. The highest BCUT2D eigenvalue weighted by Gasteiger charge is 2.37. The molecular formula is C14H12N2O3. The van der Waals surface area contributed by atoms with Gasteiger partial charge in [-0.1, -0.05) is 30.3 Å². The molecule has 0 aliphatic carbocycles. The molecular weight excluding hydrogens is 244 g/mol. The molecule has 0 radical (unpaired) electrons. The second-order valence-electron chi connectivity index (χ2n) is 4.40. The number of hydrogen-bond acceptors (Lipinski definition) is 3. The number of aliphatic hydroxyl groups is 1. The Hall–Kier alpha value is -2.40. The first-order valence-electron chi connectivity index (χ1n) is 5.93. The second kappa shape index (κ2) is 4.37. The molecule has 2 heterocycles. The lowest BCUT2D eigenvalue weighted by Crippen LogP contribution is -2.51. The summed E-state index contributed by atoms with van der Waals surface area (Å²) in [5, 5.41) is 9.98. The lowest BCUT2D eigenvalue weighted by atomic mass is 10.1. The van der Waals surface area contributed by atoms with Crippen LogP contribution in [0.4, 0.5) is 4.79 Å². The van der Waals surface area contributed by atoms with E-state index in [1.54, 1.807) is 6.07 Å². The highest BCUT2D eigenvalue weighted by Crippen LogP contribution is 2.19. The molecule has 0 fully saturated rings. The van der Waals surface area contributed by atoms with E-state index in [9.17, 15) is 14.7 Å². The SMILES string of the molecule is O=C1c2cccn2C(=O)N(Cc2ccccc2)C1O. The number of benzene rings is 1. The van der Waals surface area contributed by atoms with Crippen LogP contribution in [0.2, 0.25) is 0 Å². The van der Waals surface area contributed by atoms with Crippen molar-refractivity contribution in [2.75, 3.05) is 0 Å². The van der Waals surface area contributed by atoms with Gasteiger partial charge in [0.1, 0.15) is 0 Å². The van der Waals surface area contributed by atoms with Crippen LogP contribution < -0.4 is 0 Å². The Morgan fingerprint density at radius 1 is 1.05 bits per heavy atom. The molecule has 0 bridgehead atoms. The zero-order valence-electron chi connectivity index (χ0n) is 10.1. The number of fused-ring (bicyclic) bond motifs is 1. The first-order chi connectivity index (χ1) is 9.18. The van der Waals surface area contributed by atoms with Gasteiger partial charge in [0, 0.05) is 6.20 Å². The molecule has 0 saturated carbocycles. The van der Waals surface area contributed by atoms with Gasteiger partial charge in [0.05, 0.1) is 12.2 Å². The molecule has 1 unspecified atom stereocenters. The lowest BCUT2D eigenvalue weighted by molar-refractivity contribution is 0.0186. The molecule has 1 aliphatic rings. The van der Waals surface area contributed by atoms with Crippen LogP contribution >= 0.6 is 0 Å². The maximum Gasteiger partial charge on any atom is 0.331 e.